The van der Waals surface area contributed by atoms with Crippen LogP contribution in [0.2, 0.25) is 5.02 Å². The number of aryl methyl sites for hydroxylation is 1. The standard InChI is InChI=1S/C15H15ClFNO/c1-10-3-5-13(17)15(7-10)19-14-6-4-12(16)8-11(14)9-18-2/h3-8,18H,9H2,1-2H3. The van der Waals surface area contributed by atoms with Crippen molar-refractivity contribution in [3.05, 3.63) is 58.4 Å². The zero-order chi connectivity index (χ0) is 13.8. The third kappa shape index (κ3) is 3.46. The van der Waals surface area contributed by atoms with Crippen molar-refractivity contribution in [1.29, 1.82) is 0 Å². The lowest BCUT2D eigenvalue weighted by Gasteiger charge is -2.12. The molecular weight excluding hydrogens is 265 g/mol. The zero-order valence-electron chi connectivity index (χ0n) is 10.8. The van der Waals surface area contributed by atoms with E-state index in [4.69, 9.17) is 16.3 Å². The molecule has 0 saturated carbocycles. The molecule has 0 heterocycles. The summed E-state index contributed by atoms with van der Waals surface area (Å²) in [5.41, 5.74) is 1.83. The van der Waals surface area contributed by atoms with E-state index in [1.165, 1.54) is 6.07 Å². The van der Waals surface area contributed by atoms with E-state index in [1.54, 1.807) is 30.3 Å². The van der Waals surface area contributed by atoms with Gasteiger partial charge in [-0.15, -0.1) is 0 Å². The van der Waals surface area contributed by atoms with E-state index in [1.807, 2.05) is 14.0 Å². The largest absolute Gasteiger partial charge is 0.454 e. The minimum atomic E-state index is -0.379. The highest BCUT2D eigenvalue weighted by Gasteiger charge is 2.09. The molecule has 2 nitrogen and oxygen atoms in total. The maximum absolute atomic E-state index is 13.7. The van der Waals surface area contributed by atoms with Gasteiger partial charge in [-0.3, -0.25) is 0 Å². The van der Waals surface area contributed by atoms with Crippen molar-refractivity contribution < 1.29 is 9.13 Å². The molecule has 2 aromatic rings. The zero-order valence-corrected chi connectivity index (χ0v) is 11.6. The molecule has 0 radical (unpaired) electrons. The van der Waals surface area contributed by atoms with Crippen molar-refractivity contribution in [2.45, 2.75) is 13.5 Å². The fourth-order valence-corrected chi connectivity index (χ4v) is 1.98. The molecular formula is C15H15ClFNO. The van der Waals surface area contributed by atoms with Gasteiger partial charge in [0.1, 0.15) is 5.75 Å². The smallest absolute Gasteiger partial charge is 0.165 e. The van der Waals surface area contributed by atoms with Crippen molar-refractivity contribution in [2.24, 2.45) is 0 Å². The predicted octanol–water partition coefficient (Wildman–Crippen LogP) is 4.30. The van der Waals surface area contributed by atoms with Gasteiger partial charge in [-0.1, -0.05) is 17.7 Å². The van der Waals surface area contributed by atoms with Crippen molar-refractivity contribution in [1.82, 2.24) is 5.32 Å². The van der Waals surface area contributed by atoms with E-state index in [-0.39, 0.29) is 11.6 Å². The number of halogens is 2. The Labute approximate surface area is 117 Å². The van der Waals surface area contributed by atoms with Crippen LogP contribution in [0.4, 0.5) is 4.39 Å². The van der Waals surface area contributed by atoms with E-state index >= 15 is 0 Å². The summed E-state index contributed by atoms with van der Waals surface area (Å²) in [6, 6.07) is 10.1. The minimum absolute atomic E-state index is 0.222. The number of hydrogen-bond donors (Lipinski definition) is 1. The SMILES string of the molecule is CNCc1cc(Cl)ccc1Oc1cc(C)ccc1F. The van der Waals surface area contributed by atoms with Crippen molar-refractivity contribution >= 4 is 11.6 Å². The van der Waals surface area contributed by atoms with Crippen LogP contribution in [0.1, 0.15) is 11.1 Å². The number of nitrogens with one attached hydrogen (secondary N) is 1. The van der Waals surface area contributed by atoms with Crippen LogP contribution in [0.15, 0.2) is 36.4 Å². The Morgan fingerprint density at radius 2 is 1.95 bits per heavy atom. The molecule has 0 bridgehead atoms. The number of benzene rings is 2. The first kappa shape index (κ1) is 13.8. The van der Waals surface area contributed by atoms with Gasteiger partial charge in [0.15, 0.2) is 11.6 Å². The predicted molar refractivity (Wildman–Crippen MR) is 75.4 cm³/mol. The molecule has 0 aliphatic heterocycles. The topological polar surface area (TPSA) is 21.3 Å². The van der Waals surface area contributed by atoms with Crippen LogP contribution in [-0.2, 0) is 6.54 Å². The highest BCUT2D eigenvalue weighted by Crippen LogP contribution is 2.30. The molecule has 4 heteroatoms. The van der Waals surface area contributed by atoms with Crippen LogP contribution in [0.3, 0.4) is 0 Å². The Morgan fingerprint density at radius 3 is 2.68 bits per heavy atom. The van der Waals surface area contributed by atoms with Crippen LogP contribution < -0.4 is 10.1 Å². The van der Waals surface area contributed by atoms with Gasteiger partial charge >= 0.3 is 0 Å². The fourth-order valence-electron chi connectivity index (χ4n) is 1.78. The lowest BCUT2D eigenvalue weighted by atomic mass is 10.2. The molecule has 0 aliphatic rings. The first-order valence-corrected chi connectivity index (χ1v) is 6.35. The van der Waals surface area contributed by atoms with E-state index in [0.717, 1.165) is 11.1 Å². The second-order valence-corrected chi connectivity index (χ2v) is 4.75. The summed E-state index contributed by atoms with van der Waals surface area (Å²) < 4.78 is 19.3. The summed E-state index contributed by atoms with van der Waals surface area (Å²) in [5.74, 6) is 0.443. The van der Waals surface area contributed by atoms with Crippen molar-refractivity contribution in [2.75, 3.05) is 7.05 Å². The number of hydrogen-bond acceptors (Lipinski definition) is 2. The summed E-state index contributed by atoms with van der Waals surface area (Å²) in [6.07, 6.45) is 0. The molecule has 2 rings (SSSR count). The maximum atomic E-state index is 13.7. The van der Waals surface area contributed by atoms with Gasteiger partial charge in [0.25, 0.3) is 0 Å². The van der Waals surface area contributed by atoms with E-state index in [9.17, 15) is 4.39 Å². The molecule has 0 amide bonds. The van der Waals surface area contributed by atoms with Crippen LogP contribution in [0, 0.1) is 12.7 Å². The minimum Gasteiger partial charge on any atom is -0.454 e. The maximum Gasteiger partial charge on any atom is 0.165 e. The van der Waals surface area contributed by atoms with Crippen LogP contribution in [0.25, 0.3) is 0 Å². The third-order valence-corrected chi connectivity index (χ3v) is 2.93. The van der Waals surface area contributed by atoms with Gasteiger partial charge < -0.3 is 10.1 Å². The molecule has 1 N–H and O–H groups in total. The number of rotatable bonds is 4. The second-order valence-electron chi connectivity index (χ2n) is 4.32. The quantitative estimate of drug-likeness (QED) is 0.901. The molecule has 0 spiro atoms. The van der Waals surface area contributed by atoms with Gasteiger partial charge in [-0.2, -0.15) is 0 Å². The fraction of sp³-hybridized carbons (Fsp3) is 0.200. The Bertz CT molecular complexity index is 586. The normalized spacial score (nSPS) is 10.5. The highest BCUT2D eigenvalue weighted by molar-refractivity contribution is 6.30. The molecule has 0 atom stereocenters. The van der Waals surface area contributed by atoms with Crippen molar-refractivity contribution in [3.63, 3.8) is 0 Å². The van der Waals surface area contributed by atoms with Gasteiger partial charge in [0, 0.05) is 17.1 Å². The molecule has 0 fully saturated rings. The number of ether oxygens (including phenoxy) is 1. The summed E-state index contributed by atoms with van der Waals surface area (Å²) in [4.78, 5) is 0. The van der Waals surface area contributed by atoms with Crippen LogP contribution in [0.5, 0.6) is 11.5 Å². The Morgan fingerprint density at radius 1 is 1.16 bits per heavy atom. The Kier molecular flexibility index (Phi) is 4.40. The van der Waals surface area contributed by atoms with Crippen molar-refractivity contribution in [3.8, 4) is 11.5 Å². The van der Waals surface area contributed by atoms with E-state index < -0.39 is 0 Å². The monoisotopic (exact) mass is 279 g/mol. The molecule has 100 valence electrons. The first-order valence-electron chi connectivity index (χ1n) is 5.97. The lowest BCUT2D eigenvalue weighted by molar-refractivity contribution is 0.436. The van der Waals surface area contributed by atoms with Crippen LogP contribution in [-0.4, -0.2) is 7.05 Å². The van der Waals surface area contributed by atoms with Gasteiger partial charge in [-0.05, 0) is 49.9 Å². The van der Waals surface area contributed by atoms with E-state index in [0.29, 0.717) is 17.3 Å². The second kappa shape index (κ2) is 6.04. The first-order chi connectivity index (χ1) is 9.10. The van der Waals surface area contributed by atoms with E-state index in [2.05, 4.69) is 5.32 Å². The average Bonchev–Trinajstić information content (AvgIpc) is 2.37. The molecule has 0 saturated heterocycles. The molecule has 0 unspecified atom stereocenters. The molecule has 0 aliphatic carbocycles. The highest BCUT2D eigenvalue weighted by atomic mass is 35.5. The summed E-state index contributed by atoms with van der Waals surface area (Å²) >= 11 is 5.95. The van der Waals surface area contributed by atoms with Gasteiger partial charge in [0.2, 0.25) is 0 Å². The molecule has 0 aromatic heterocycles. The Balaban J connectivity index is 2.34. The average molecular weight is 280 g/mol. The summed E-state index contributed by atoms with van der Waals surface area (Å²) in [6.45, 7) is 2.49. The summed E-state index contributed by atoms with van der Waals surface area (Å²) in [7, 11) is 1.83. The third-order valence-electron chi connectivity index (χ3n) is 2.70. The van der Waals surface area contributed by atoms with Gasteiger partial charge in [0.05, 0.1) is 0 Å². The molecule has 2 aromatic carbocycles. The van der Waals surface area contributed by atoms with Gasteiger partial charge in [-0.25, -0.2) is 4.39 Å². The summed E-state index contributed by atoms with van der Waals surface area (Å²) in [5, 5.41) is 3.66. The molecule has 19 heavy (non-hydrogen) atoms. The Hall–Kier alpha value is -1.58. The lowest BCUT2D eigenvalue weighted by Crippen LogP contribution is -2.06. The van der Waals surface area contributed by atoms with Crippen LogP contribution >= 0.6 is 11.6 Å².